The lowest BCUT2D eigenvalue weighted by Crippen LogP contribution is -2.17. The molecule has 0 saturated carbocycles. The molecule has 0 aliphatic rings. The highest BCUT2D eigenvalue weighted by molar-refractivity contribution is 5.90. The van der Waals surface area contributed by atoms with Crippen LogP contribution < -0.4 is 4.74 Å². The number of halogens is 6. The van der Waals surface area contributed by atoms with Crippen molar-refractivity contribution in [3.63, 3.8) is 0 Å². The molecule has 2 aromatic rings. The maximum atomic E-state index is 13.2. The summed E-state index contributed by atoms with van der Waals surface area (Å²) in [7, 11) is 0. The molecule has 0 spiro atoms. The molecule has 0 aromatic heterocycles. The van der Waals surface area contributed by atoms with Gasteiger partial charge in [-0.3, -0.25) is 0 Å². The predicted octanol–water partition coefficient (Wildman–Crippen LogP) is 4.37. The summed E-state index contributed by atoms with van der Waals surface area (Å²) in [5, 5.41) is 8.89. The number of carboxylic acid groups (broad SMARTS) is 1. The number of aromatic carboxylic acids is 1. The highest BCUT2D eigenvalue weighted by atomic mass is 19.4. The molecule has 0 unspecified atom stereocenters. The average Bonchev–Trinajstić information content (AvgIpc) is 2.41. The molecule has 0 atom stereocenters. The molecule has 0 fully saturated rings. The number of carboxylic acids is 1. The largest absolute Gasteiger partial charge is 0.573 e. The van der Waals surface area contributed by atoms with Gasteiger partial charge in [0.25, 0.3) is 0 Å². The van der Waals surface area contributed by atoms with Crippen molar-refractivity contribution in [2.24, 2.45) is 0 Å². The summed E-state index contributed by atoms with van der Waals surface area (Å²) in [5.74, 6) is -7.37. The molecular weight excluding hydrogens is 330 g/mol. The first kappa shape index (κ1) is 16.7. The molecule has 0 heterocycles. The van der Waals surface area contributed by atoms with E-state index in [1.807, 2.05) is 0 Å². The minimum atomic E-state index is -5.09. The topological polar surface area (TPSA) is 46.5 Å². The van der Waals surface area contributed by atoms with Crippen LogP contribution in [0.4, 0.5) is 26.3 Å². The molecule has 23 heavy (non-hydrogen) atoms. The van der Waals surface area contributed by atoms with Crippen molar-refractivity contribution in [3.05, 3.63) is 53.3 Å². The van der Waals surface area contributed by atoms with Crippen molar-refractivity contribution in [1.82, 2.24) is 0 Å². The predicted molar refractivity (Wildman–Crippen MR) is 65.4 cm³/mol. The van der Waals surface area contributed by atoms with Gasteiger partial charge in [-0.15, -0.1) is 13.2 Å². The Labute approximate surface area is 124 Å². The molecule has 0 amide bonds. The first-order chi connectivity index (χ1) is 10.6. The number of alkyl halides is 3. The Morgan fingerprint density at radius 2 is 1.43 bits per heavy atom. The average molecular weight is 336 g/mol. The van der Waals surface area contributed by atoms with Crippen LogP contribution in [0.15, 0.2) is 30.3 Å². The molecule has 1 N–H and O–H groups in total. The van der Waals surface area contributed by atoms with Gasteiger partial charge >= 0.3 is 12.3 Å². The second-order valence-electron chi connectivity index (χ2n) is 4.35. The van der Waals surface area contributed by atoms with Crippen LogP contribution in [0.25, 0.3) is 11.1 Å². The molecule has 2 rings (SSSR count). The number of benzene rings is 2. The van der Waals surface area contributed by atoms with Gasteiger partial charge in [-0.05, 0) is 41.5 Å². The second kappa shape index (κ2) is 5.82. The summed E-state index contributed by atoms with van der Waals surface area (Å²) >= 11 is 0. The van der Waals surface area contributed by atoms with Crippen molar-refractivity contribution < 1.29 is 41.0 Å². The molecule has 0 saturated heterocycles. The summed E-state index contributed by atoms with van der Waals surface area (Å²) in [6, 6.07) is 3.24. The number of hydrogen-bond donors (Lipinski definition) is 1. The molecule has 0 bridgehead atoms. The summed E-state index contributed by atoms with van der Waals surface area (Å²) in [6.45, 7) is 0. The molecule has 9 heteroatoms. The maximum absolute atomic E-state index is 13.2. The van der Waals surface area contributed by atoms with Crippen molar-refractivity contribution in [2.75, 3.05) is 0 Å². The van der Waals surface area contributed by atoms with Gasteiger partial charge < -0.3 is 9.84 Å². The SMILES string of the molecule is O=C(O)c1cc(OC(F)(F)F)cc(-c2cc(F)c(F)c(F)c2)c1. The second-order valence-corrected chi connectivity index (χ2v) is 4.35. The fourth-order valence-electron chi connectivity index (χ4n) is 1.80. The smallest absolute Gasteiger partial charge is 0.478 e. The summed E-state index contributed by atoms with van der Waals surface area (Å²) in [4.78, 5) is 10.9. The van der Waals surface area contributed by atoms with Crippen molar-refractivity contribution in [2.45, 2.75) is 6.36 Å². The van der Waals surface area contributed by atoms with E-state index >= 15 is 0 Å². The van der Waals surface area contributed by atoms with E-state index < -0.39 is 41.1 Å². The van der Waals surface area contributed by atoms with Gasteiger partial charge in [0.2, 0.25) is 0 Å². The Bertz CT molecular complexity index is 747. The molecule has 0 aliphatic heterocycles. The minimum Gasteiger partial charge on any atom is -0.478 e. The van der Waals surface area contributed by atoms with Crippen LogP contribution in [-0.4, -0.2) is 17.4 Å². The maximum Gasteiger partial charge on any atom is 0.573 e. The number of rotatable bonds is 3. The number of carbonyl (C=O) groups is 1. The van der Waals surface area contributed by atoms with Crippen LogP contribution in [0.3, 0.4) is 0 Å². The Morgan fingerprint density at radius 3 is 1.91 bits per heavy atom. The third-order valence-electron chi connectivity index (χ3n) is 2.70. The zero-order valence-electron chi connectivity index (χ0n) is 10.9. The fraction of sp³-hybridized carbons (Fsp3) is 0.0714. The Hall–Kier alpha value is -2.71. The number of ether oxygens (including phenoxy) is 1. The van der Waals surface area contributed by atoms with Gasteiger partial charge in [-0.2, -0.15) is 0 Å². The molecule has 0 radical (unpaired) electrons. The highest BCUT2D eigenvalue weighted by Gasteiger charge is 2.31. The van der Waals surface area contributed by atoms with E-state index in [2.05, 4.69) is 4.74 Å². The Morgan fingerprint density at radius 1 is 0.913 bits per heavy atom. The summed E-state index contributed by atoms with van der Waals surface area (Å²) in [6.07, 6.45) is -5.09. The highest BCUT2D eigenvalue weighted by Crippen LogP contribution is 2.31. The lowest BCUT2D eigenvalue weighted by atomic mass is 10.0. The third-order valence-corrected chi connectivity index (χ3v) is 2.70. The molecule has 2 aromatic carbocycles. The standard InChI is InChI=1S/C14H6F6O3/c15-10-4-7(5-11(16)12(10)17)6-1-8(13(21)22)3-9(2-6)23-14(18,19)20/h1-5H,(H,21,22). The van der Waals surface area contributed by atoms with Gasteiger partial charge in [0.1, 0.15) is 5.75 Å². The lowest BCUT2D eigenvalue weighted by Gasteiger charge is -2.12. The minimum absolute atomic E-state index is 0.290. The lowest BCUT2D eigenvalue weighted by molar-refractivity contribution is -0.274. The van der Waals surface area contributed by atoms with Crippen LogP contribution in [0.2, 0.25) is 0 Å². The van der Waals surface area contributed by atoms with Gasteiger partial charge in [0.15, 0.2) is 17.5 Å². The zero-order valence-corrected chi connectivity index (χ0v) is 10.9. The summed E-state index contributed by atoms with van der Waals surface area (Å²) in [5.41, 5.74) is -1.25. The zero-order chi connectivity index (χ0) is 17.4. The molecular formula is C14H6F6O3. The summed E-state index contributed by atoms with van der Waals surface area (Å²) < 4.78 is 79.7. The molecule has 0 aliphatic carbocycles. The van der Waals surface area contributed by atoms with E-state index in [0.29, 0.717) is 18.2 Å². The van der Waals surface area contributed by atoms with Crippen LogP contribution in [0, 0.1) is 17.5 Å². The van der Waals surface area contributed by atoms with E-state index in [-0.39, 0.29) is 11.1 Å². The van der Waals surface area contributed by atoms with Crippen LogP contribution in [0.5, 0.6) is 5.75 Å². The van der Waals surface area contributed by atoms with Gasteiger partial charge in [-0.1, -0.05) is 0 Å². The van der Waals surface area contributed by atoms with Crippen molar-refractivity contribution >= 4 is 5.97 Å². The normalized spacial score (nSPS) is 11.4. The van der Waals surface area contributed by atoms with Crippen LogP contribution in [-0.2, 0) is 0 Å². The Balaban J connectivity index is 2.59. The fourth-order valence-corrected chi connectivity index (χ4v) is 1.80. The molecule has 122 valence electrons. The third kappa shape index (κ3) is 3.93. The van der Waals surface area contributed by atoms with E-state index in [4.69, 9.17) is 5.11 Å². The first-order valence-corrected chi connectivity index (χ1v) is 5.86. The van der Waals surface area contributed by atoms with E-state index in [1.54, 1.807) is 0 Å². The van der Waals surface area contributed by atoms with E-state index in [1.165, 1.54) is 0 Å². The van der Waals surface area contributed by atoms with E-state index in [0.717, 1.165) is 12.1 Å². The van der Waals surface area contributed by atoms with Crippen LogP contribution >= 0.6 is 0 Å². The molecule has 3 nitrogen and oxygen atoms in total. The first-order valence-electron chi connectivity index (χ1n) is 5.86. The van der Waals surface area contributed by atoms with Crippen molar-refractivity contribution in [1.29, 1.82) is 0 Å². The number of hydrogen-bond acceptors (Lipinski definition) is 2. The van der Waals surface area contributed by atoms with Crippen LogP contribution in [0.1, 0.15) is 10.4 Å². The van der Waals surface area contributed by atoms with E-state index in [9.17, 15) is 31.1 Å². The quantitative estimate of drug-likeness (QED) is 0.669. The van der Waals surface area contributed by atoms with Gasteiger partial charge in [-0.25, -0.2) is 18.0 Å². The Kier molecular flexibility index (Phi) is 4.22. The van der Waals surface area contributed by atoms with Crippen molar-refractivity contribution in [3.8, 4) is 16.9 Å². The van der Waals surface area contributed by atoms with Gasteiger partial charge in [0.05, 0.1) is 5.56 Å². The monoisotopic (exact) mass is 336 g/mol. The van der Waals surface area contributed by atoms with Gasteiger partial charge in [0, 0.05) is 0 Å².